The molecule has 1 aliphatic heterocycles. The van der Waals surface area contributed by atoms with Gasteiger partial charge in [-0.15, -0.1) is 0 Å². The van der Waals surface area contributed by atoms with Crippen LogP contribution in [-0.4, -0.2) is 37.9 Å². The van der Waals surface area contributed by atoms with Gasteiger partial charge < -0.3 is 19.3 Å². The van der Waals surface area contributed by atoms with Crippen molar-refractivity contribution in [3.05, 3.63) is 12.2 Å². The normalized spacial score (nSPS) is 32.6. The smallest absolute Gasteiger partial charge is 0.327 e. The first kappa shape index (κ1) is 11.2. The van der Waals surface area contributed by atoms with Crippen molar-refractivity contribution in [2.75, 3.05) is 14.2 Å². The number of ether oxygens (including phenoxy) is 3. The highest BCUT2D eigenvalue weighted by Crippen LogP contribution is 2.28. The van der Waals surface area contributed by atoms with Crippen molar-refractivity contribution >= 4 is 5.97 Å². The van der Waals surface area contributed by atoms with E-state index in [1.54, 1.807) is 13.2 Å². The summed E-state index contributed by atoms with van der Waals surface area (Å²) in [4.78, 5) is 10.3. The Kier molecular flexibility index (Phi) is 4.06. The van der Waals surface area contributed by atoms with Gasteiger partial charge in [-0.25, -0.2) is 4.79 Å². The molecule has 14 heavy (non-hydrogen) atoms. The average molecular weight is 202 g/mol. The Hall–Kier alpha value is -0.910. The molecule has 0 aromatic rings. The van der Waals surface area contributed by atoms with Crippen LogP contribution >= 0.6 is 0 Å². The standard InChI is InChI=1S/C9H14O5/c1-12-8-5-6(3-4-7(10)11)9(13-2)14-8/h3-4,6,8-9H,5H2,1-2H3,(H,10,11)/b4-3+/t6-,8-,9+/m0/s1. The van der Waals surface area contributed by atoms with Crippen LogP contribution in [0.1, 0.15) is 6.42 Å². The Morgan fingerprint density at radius 1 is 1.50 bits per heavy atom. The van der Waals surface area contributed by atoms with Crippen LogP contribution in [0, 0.1) is 5.92 Å². The molecule has 80 valence electrons. The van der Waals surface area contributed by atoms with E-state index in [1.165, 1.54) is 7.11 Å². The van der Waals surface area contributed by atoms with Gasteiger partial charge in [0.25, 0.3) is 0 Å². The Labute approximate surface area is 82.3 Å². The second kappa shape index (κ2) is 5.09. The lowest BCUT2D eigenvalue weighted by Crippen LogP contribution is -2.17. The fraction of sp³-hybridized carbons (Fsp3) is 0.667. The highest BCUT2D eigenvalue weighted by Gasteiger charge is 2.33. The highest BCUT2D eigenvalue weighted by molar-refractivity contribution is 5.79. The molecule has 3 atom stereocenters. The van der Waals surface area contributed by atoms with Crippen molar-refractivity contribution in [1.29, 1.82) is 0 Å². The summed E-state index contributed by atoms with van der Waals surface area (Å²) in [5.74, 6) is -1.04. The molecule has 0 spiro atoms. The Morgan fingerprint density at radius 3 is 2.71 bits per heavy atom. The summed E-state index contributed by atoms with van der Waals surface area (Å²) >= 11 is 0. The maximum atomic E-state index is 10.3. The minimum atomic E-state index is -0.972. The number of aliphatic carboxylic acids is 1. The van der Waals surface area contributed by atoms with E-state index in [-0.39, 0.29) is 12.2 Å². The molecule has 5 heteroatoms. The van der Waals surface area contributed by atoms with E-state index in [4.69, 9.17) is 19.3 Å². The van der Waals surface area contributed by atoms with Gasteiger partial charge in [0.05, 0.1) is 0 Å². The summed E-state index contributed by atoms with van der Waals surface area (Å²) in [6, 6.07) is 0. The molecule has 5 nitrogen and oxygen atoms in total. The number of hydrogen-bond acceptors (Lipinski definition) is 4. The van der Waals surface area contributed by atoms with Crippen LogP contribution in [0.2, 0.25) is 0 Å². The molecule has 0 aromatic carbocycles. The van der Waals surface area contributed by atoms with Gasteiger partial charge in [-0.05, 0) is 0 Å². The van der Waals surface area contributed by atoms with Gasteiger partial charge in [0.1, 0.15) is 0 Å². The first-order valence-electron chi connectivity index (χ1n) is 4.29. The first-order valence-corrected chi connectivity index (χ1v) is 4.29. The molecule has 1 heterocycles. The fourth-order valence-electron chi connectivity index (χ4n) is 1.40. The van der Waals surface area contributed by atoms with E-state index >= 15 is 0 Å². The van der Waals surface area contributed by atoms with Gasteiger partial charge in [-0.1, -0.05) is 6.08 Å². The maximum Gasteiger partial charge on any atom is 0.327 e. The minimum Gasteiger partial charge on any atom is -0.478 e. The summed E-state index contributed by atoms with van der Waals surface area (Å²) < 4.78 is 15.4. The van der Waals surface area contributed by atoms with Gasteiger partial charge in [-0.3, -0.25) is 0 Å². The zero-order valence-corrected chi connectivity index (χ0v) is 8.17. The second-order valence-corrected chi connectivity index (χ2v) is 3.00. The van der Waals surface area contributed by atoms with E-state index in [2.05, 4.69) is 0 Å². The molecule has 0 amide bonds. The molecule has 1 N–H and O–H groups in total. The van der Waals surface area contributed by atoms with Crippen molar-refractivity contribution in [3.8, 4) is 0 Å². The van der Waals surface area contributed by atoms with E-state index in [9.17, 15) is 4.79 Å². The molecular weight excluding hydrogens is 188 g/mol. The van der Waals surface area contributed by atoms with Crippen LogP contribution in [0.3, 0.4) is 0 Å². The molecule has 0 aromatic heterocycles. The van der Waals surface area contributed by atoms with E-state index in [0.717, 1.165) is 6.08 Å². The third kappa shape index (κ3) is 2.80. The number of carbonyl (C=O) groups is 1. The molecular formula is C9H14O5. The van der Waals surface area contributed by atoms with E-state index < -0.39 is 12.3 Å². The number of carboxylic acid groups (broad SMARTS) is 1. The van der Waals surface area contributed by atoms with Crippen molar-refractivity contribution in [3.63, 3.8) is 0 Å². The van der Waals surface area contributed by atoms with Gasteiger partial charge in [-0.2, -0.15) is 0 Å². The summed E-state index contributed by atoms with van der Waals surface area (Å²) in [5.41, 5.74) is 0. The predicted molar refractivity (Wildman–Crippen MR) is 47.6 cm³/mol. The number of rotatable bonds is 4. The van der Waals surface area contributed by atoms with Crippen molar-refractivity contribution in [1.82, 2.24) is 0 Å². The quantitative estimate of drug-likeness (QED) is 0.676. The largest absolute Gasteiger partial charge is 0.478 e. The molecule has 0 saturated carbocycles. The third-order valence-corrected chi connectivity index (χ3v) is 2.08. The van der Waals surface area contributed by atoms with Crippen molar-refractivity contribution in [2.24, 2.45) is 5.92 Å². The summed E-state index contributed by atoms with van der Waals surface area (Å²) in [5, 5.41) is 8.46. The van der Waals surface area contributed by atoms with Gasteiger partial charge >= 0.3 is 5.97 Å². The molecule has 1 fully saturated rings. The fourth-order valence-corrected chi connectivity index (χ4v) is 1.40. The molecule has 0 bridgehead atoms. The summed E-state index contributed by atoms with van der Waals surface area (Å²) in [6.45, 7) is 0. The number of carboxylic acids is 1. The third-order valence-electron chi connectivity index (χ3n) is 2.08. The van der Waals surface area contributed by atoms with Gasteiger partial charge in [0.15, 0.2) is 12.6 Å². The van der Waals surface area contributed by atoms with Crippen LogP contribution in [0.15, 0.2) is 12.2 Å². The first-order chi connectivity index (χ1) is 6.67. The molecule has 0 aliphatic carbocycles. The topological polar surface area (TPSA) is 65.0 Å². The van der Waals surface area contributed by atoms with Crippen LogP contribution in [0.25, 0.3) is 0 Å². The maximum absolute atomic E-state index is 10.3. The Morgan fingerprint density at radius 2 is 2.21 bits per heavy atom. The lowest BCUT2D eigenvalue weighted by atomic mass is 10.1. The Balaban J connectivity index is 2.54. The SMILES string of the molecule is CO[C@@H]1C[C@H](/C=C/C(=O)O)[C@H](OC)O1. The molecule has 1 aliphatic rings. The second-order valence-electron chi connectivity index (χ2n) is 3.00. The van der Waals surface area contributed by atoms with Crippen LogP contribution in [0.4, 0.5) is 0 Å². The van der Waals surface area contributed by atoms with Gasteiger partial charge in [0.2, 0.25) is 0 Å². The van der Waals surface area contributed by atoms with Crippen LogP contribution < -0.4 is 0 Å². The van der Waals surface area contributed by atoms with E-state index in [0.29, 0.717) is 6.42 Å². The van der Waals surface area contributed by atoms with E-state index in [1.807, 2.05) is 0 Å². The lowest BCUT2D eigenvalue weighted by Gasteiger charge is -2.12. The molecule has 0 radical (unpaired) electrons. The van der Waals surface area contributed by atoms with Crippen molar-refractivity contribution < 1.29 is 24.1 Å². The zero-order chi connectivity index (χ0) is 10.6. The Bertz CT molecular complexity index is 225. The zero-order valence-electron chi connectivity index (χ0n) is 8.17. The highest BCUT2D eigenvalue weighted by atomic mass is 16.8. The lowest BCUT2D eigenvalue weighted by molar-refractivity contribution is -0.190. The molecule has 0 unspecified atom stereocenters. The summed E-state index contributed by atoms with van der Waals surface area (Å²) in [6.07, 6.45) is 2.53. The monoisotopic (exact) mass is 202 g/mol. The van der Waals surface area contributed by atoms with Crippen molar-refractivity contribution in [2.45, 2.75) is 19.0 Å². The molecule has 1 rings (SSSR count). The number of hydrogen-bond donors (Lipinski definition) is 1. The van der Waals surface area contributed by atoms with Crippen LogP contribution in [0.5, 0.6) is 0 Å². The predicted octanol–water partition coefficient (Wildman–Crippen LogP) is 0.609. The van der Waals surface area contributed by atoms with Crippen LogP contribution in [-0.2, 0) is 19.0 Å². The average Bonchev–Trinajstić information content (AvgIpc) is 2.57. The number of methoxy groups -OCH3 is 2. The summed E-state index contributed by atoms with van der Waals surface area (Å²) in [7, 11) is 3.06. The molecule has 1 saturated heterocycles. The minimum absolute atomic E-state index is 0.0685. The van der Waals surface area contributed by atoms with Gasteiger partial charge in [0, 0.05) is 32.6 Å².